The highest BCUT2D eigenvalue weighted by Gasteiger charge is 2.13. The molecule has 1 unspecified atom stereocenters. The van der Waals surface area contributed by atoms with Crippen molar-refractivity contribution >= 4 is 6.03 Å². The van der Waals surface area contributed by atoms with Crippen molar-refractivity contribution in [1.29, 1.82) is 0 Å². The fraction of sp³-hybridized carbons (Fsp3) is 0.409. The summed E-state index contributed by atoms with van der Waals surface area (Å²) in [4.78, 5) is 12.2. The maximum absolute atomic E-state index is 12.2. The fourth-order valence-electron chi connectivity index (χ4n) is 3.54. The molecule has 0 radical (unpaired) electrons. The van der Waals surface area contributed by atoms with Crippen LogP contribution in [-0.4, -0.2) is 12.6 Å². The van der Waals surface area contributed by atoms with Crippen molar-refractivity contribution in [3.63, 3.8) is 0 Å². The van der Waals surface area contributed by atoms with Crippen molar-refractivity contribution in [2.24, 2.45) is 0 Å². The third kappa shape index (κ3) is 4.85. The van der Waals surface area contributed by atoms with Crippen LogP contribution in [0.4, 0.5) is 4.79 Å². The lowest BCUT2D eigenvalue weighted by molar-refractivity contribution is 0.238. The van der Waals surface area contributed by atoms with Gasteiger partial charge in [0, 0.05) is 6.54 Å². The smallest absolute Gasteiger partial charge is 0.315 e. The number of aryl methyl sites for hydroxylation is 3. The Labute approximate surface area is 150 Å². The first-order valence-electron chi connectivity index (χ1n) is 9.33. The Morgan fingerprint density at radius 2 is 1.88 bits per heavy atom. The lowest BCUT2D eigenvalue weighted by Crippen LogP contribution is -2.38. The van der Waals surface area contributed by atoms with Crippen LogP contribution >= 0.6 is 0 Å². The van der Waals surface area contributed by atoms with E-state index in [2.05, 4.69) is 60.0 Å². The standard InChI is InChI=1S/C22H28N2O/c1-16-6-5-7-18(14-16)12-13-23-22(25)24-17(2)20-11-10-19-8-3-4-9-21(19)15-20/h5-7,10-11,14-15,17H,3-4,8-9,12-13H2,1-2H3,(H2,23,24,25). The number of hydrogen-bond acceptors (Lipinski definition) is 1. The molecule has 3 heteroatoms. The Kier molecular flexibility index (Phi) is 5.75. The van der Waals surface area contributed by atoms with E-state index in [9.17, 15) is 4.79 Å². The number of rotatable bonds is 5. The van der Waals surface area contributed by atoms with E-state index in [1.807, 2.05) is 6.92 Å². The van der Waals surface area contributed by atoms with Crippen molar-refractivity contribution in [2.75, 3.05) is 6.54 Å². The highest BCUT2D eigenvalue weighted by molar-refractivity contribution is 5.74. The van der Waals surface area contributed by atoms with Crippen molar-refractivity contribution < 1.29 is 4.79 Å². The van der Waals surface area contributed by atoms with Crippen LogP contribution in [0.2, 0.25) is 0 Å². The summed E-state index contributed by atoms with van der Waals surface area (Å²) in [5.74, 6) is 0. The Morgan fingerprint density at radius 3 is 2.68 bits per heavy atom. The number of urea groups is 1. The van der Waals surface area contributed by atoms with Crippen LogP contribution < -0.4 is 10.6 Å². The van der Waals surface area contributed by atoms with Gasteiger partial charge in [0.05, 0.1) is 6.04 Å². The Balaban J connectivity index is 1.49. The number of carbonyl (C=O) groups is 1. The zero-order valence-corrected chi connectivity index (χ0v) is 15.3. The number of amides is 2. The summed E-state index contributed by atoms with van der Waals surface area (Å²) < 4.78 is 0. The Bertz CT molecular complexity index is 739. The van der Waals surface area contributed by atoms with Crippen molar-refractivity contribution in [3.05, 3.63) is 70.3 Å². The maximum atomic E-state index is 12.2. The summed E-state index contributed by atoms with van der Waals surface area (Å²) in [5, 5.41) is 6.01. The minimum absolute atomic E-state index is 0.0196. The number of fused-ring (bicyclic) bond motifs is 1. The third-order valence-corrected chi connectivity index (χ3v) is 5.00. The van der Waals surface area contributed by atoms with E-state index in [1.54, 1.807) is 0 Å². The fourth-order valence-corrected chi connectivity index (χ4v) is 3.54. The molecule has 0 bridgehead atoms. The summed E-state index contributed by atoms with van der Waals surface area (Å²) in [5.41, 5.74) is 6.63. The van der Waals surface area contributed by atoms with Crippen LogP contribution in [0.1, 0.15) is 53.6 Å². The average molecular weight is 336 g/mol. The molecule has 1 aliphatic carbocycles. The van der Waals surface area contributed by atoms with E-state index >= 15 is 0 Å². The van der Waals surface area contributed by atoms with Crippen LogP contribution in [0.15, 0.2) is 42.5 Å². The molecule has 0 spiro atoms. The lowest BCUT2D eigenvalue weighted by Gasteiger charge is -2.20. The topological polar surface area (TPSA) is 41.1 Å². The predicted molar refractivity (Wildman–Crippen MR) is 103 cm³/mol. The van der Waals surface area contributed by atoms with Crippen LogP contribution in [0, 0.1) is 6.92 Å². The lowest BCUT2D eigenvalue weighted by atomic mass is 9.89. The molecule has 1 aliphatic rings. The Morgan fingerprint density at radius 1 is 1.08 bits per heavy atom. The molecule has 0 heterocycles. The van der Waals surface area contributed by atoms with Gasteiger partial charge in [-0.25, -0.2) is 4.79 Å². The quantitative estimate of drug-likeness (QED) is 0.830. The van der Waals surface area contributed by atoms with Gasteiger partial charge in [0.2, 0.25) is 0 Å². The molecular formula is C22H28N2O. The Hall–Kier alpha value is -2.29. The van der Waals surface area contributed by atoms with E-state index in [4.69, 9.17) is 0 Å². The summed E-state index contributed by atoms with van der Waals surface area (Å²) in [7, 11) is 0. The molecule has 0 saturated carbocycles. The van der Waals surface area contributed by atoms with Gasteiger partial charge in [0.25, 0.3) is 0 Å². The molecule has 0 aliphatic heterocycles. The second-order valence-electron chi connectivity index (χ2n) is 7.10. The van der Waals surface area contributed by atoms with Crippen LogP contribution in [0.25, 0.3) is 0 Å². The van der Waals surface area contributed by atoms with Gasteiger partial charge in [-0.3, -0.25) is 0 Å². The first kappa shape index (κ1) is 17.5. The highest BCUT2D eigenvalue weighted by Crippen LogP contribution is 2.24. The van der Waals surface area contributed by atoms with Gasteiger partial charge in [0.15, 0.2) is 0 Å². The number of benzene rings is 2. The van der Waals surface area contributed by atoms with E-state index < -0.39 is 0 Å². The molecule has 1 atom stereocenters. The third-order valence-electron chi connectivity index (χ3n) is 5.00. The van der Waals surface area contributed by atoms with Gasteiger partial charge < -0.3 is 10.6 Å². The van der Waals surface area contributed by atoms with Gasteiger partial charge in [-0.2, -0.15) is 0 Å². The van der Waals surface area contributed by atoms with Crippen LogP contribution in [0.5, 0.6) is 0 Å². The second kappa shape index (κ2) is 8.19. The molecule has 2 N–H and O–H groups in total. The minimum atomic E-state index is -0.0992. The molecule has 2 aromatic rings. The number of carbonyl (C=O) groups excluding carboxylic acids is 1. The zero-order chi connectivity index (χ0) is 17.6. The summed E-state index contributed by atoms with van der Waals surface area (Å²) in [6.07, 6.45) is 5.78. The van der Waals surface area contributed by atoms with Gasteiger partial charge in [0.1, 0.15) is 0 Å². The molecular weight excluding hydrogens is 308 g/mol. The normalized spacial score (nSPS) is 14.5. The predicted octanol–water partition coefficient (Wildman–Crippen LogP) is 4.48. The minimum Gasteiger partial charge on any atom is -0.338 e. The molecule has 132 valence electrons. The average Bonchev–Trinajstić information content (AvgIpc) is 2.61. The van der Waals surface area contributed by atoms with Gasteiger partial charge in [-0.15, -0.1) is 0 Å². The van der Waals surface area contributed by atoms with Crippen LogP contribution in [0.3, 0.4) is 0 Å². The van der Waals surface area contributed by atoms with Gasteiger partial charge in [-0.1, -0.05) is 48.0 Å². The van der Waals surface area contributed by atoms with Gasteiger partial charge >= 0.3 is 6.03 Å². The largest absolute Gasteiger partial charge is 0.338 e. The molecule has 0 saturated heterocycles. The van der Waals surface area contributed by atoms with Gasteiger partial charge in [-0.05, 0) is 68.2 Å². The van der Waals surface area contributed by atoms with Crippen molar-refractivity contribution in [2.45, 2.75) is 52.0 Å². The first-order valence-corrected chi connectivity index (χ1v) is 9.33. The molecule has 2 aromatic carbocycles. The zero-order valence-electron chi connectivity index (χ0n) is 15.3. The maximum Gasteiger partial charge on any atom is 0.315 e. The summed E-state index contributed by atoms with van der Waals surface area (Å²) in [6.45, 7) is 4.78. The van der Waals surface area contributed by atoms with E-state index in [-0.39, 0.29) is 12.1 Å². The molecule has 3 rings (SSSR count). The molecule has 0 fully saturated rings. The number of hydrogen-bond donors (Lipinski definition) is 2. The highest BCUT2D eigenvalue weighted by atomic mass is 16.2. The SMILES string of the molecule is Cc1cccc(CCNC(=O)NC(C)c2ccc3c(c2)CCCC3)c1. The van der Waals surface area contributed by atoms with E-state index in [0.717, 1.165) is 6.42 Å². The van der Waals surface area contributed by atoms with Crippen molar-refractivity contribution in [1.82, 2.24) is 10.6 Å². The summed E-state index contributed by atoms with van der Waals surface area (Å²) >= 11 is 0. The molecule has 0 aromatic heterocycles. The second-order valence-corrected chi connectivity index (χ2v) is 7.10. The monoisotopic (exact) mass is 336 g/mol. The molecule has 3 nitrogen and oxygen atoms in total. The molecule has 25 heavy (non-hydrogen) atoms. The first-order chi connectivity index (χ1) is 12.1. The van der Waals surface area contributed by atoms with E-state index in [0.29, 0.717) is 6.54 Å². The van der Waals surface area contributed by atoms with Crippen LogP contribution in [-0.2, 0) is 19.3 Å². The molecule has 2 amide bonds. The number of nitrogens with one attached hydrogen (secondary N) is 2. The van der Waals surface area contributed by atoms with Crippen molar-refractivity contribution in [3.8, 4) is 0 Å². The summed E-state index contributed by atoms with van der Waals surface area (Å²) in [6, 6.07) is 15.0. The van der Waals surface area contributed by atoms with E-state index in [1.165, 1.54) is 53.5 Å².